The molecule has 2 aromatic carbocycles. The summed E-state index contributed by atoms with van der Waals surface area (Å²) in [6.45, 7) is 1.38. The molecule has 0 radical (unpaired) electrons. The van der Waals surface area contributed by atoms with Gasteiger partial charge in [0.25, 0.3) is 0 Å². The summed E-state index contributed by atoms with van der Waals surface area (Å²) in [6, 6.07) is 17.9. The van der Waals surface area contributed by atoms with Crippen molar-refractivity contribution in [1.29, 1.82) is 0 Å². The van der Waals surface area contributed by atoms with Gasteiger partial charge in [-0.1, -0.05) is 53.7 Å². The quantitative estimate of drug-likeness (QED) is 0.422. The first-order valence-corrected chi connectivity index (χ1v) is 7.91. The van der Waals surface area contributed by atoms with Crippen molar-refractivity contribution in [3.8, 4) is 5.75 Å². The van der Waals surface area contributed by atoms with E-state index in [0.717, 1.165) is 29.1 Å². The van der Waals surface area contributed by atoms with Gasteiger partial charge in [0, 0.05) is 12.1 Å². The largest absolute Gasteiger partial charge is 0.497 e. The minimum Gasteiger partial charge on any atom is -0.497 e. The molecule has 0 heterocycles. The first-order chi connectivity index (χ1) is 11.7. The molecule has 0 unspecified atom stereocenters. The lowest BCUT2D eigenvalue weighted by Gasteiger charge is -2.08. The number of hydrogen-bond acceptors (Lipinski definition) is 4. The van der Waals surface area contributed by atoms with Crippen LogP contribution < -0.4 is 4.74 Å². The maximum absolute atomic E-state index is 5.46. The first kappa shape index (κ1) is 17.8. The number of nitrogens with zero attached hydrogens (tertiary/aromatic N) is 2. The van der Waals surface area contributed by atoms with E-state index in [1.165, 1.54) is 0 Å². The molecule has 0 aliphatic rings. The van der Waals surface area contributed by atoms with Crippen LogP contribution in [0.5, 0.6) is 5.75 Å². The molecule has 0 spiro atoms. The Hall–Kier alpha value is -2.59. The van der Waals surface area contributed by atoms with Gasteiger partial charge in [-0.3, -0.25) is 0 Å². The van der Waals surface area contributed by atoms with Gasteiger partial charge in [0.15, 0.2) is 0 Å². The van der Waals surface area contributed by atoms with Crippen molar-refractivity contribution >= 4 is 11.8 Å². The van der Waals surface area contributed by atoms with E-state index in [2.05, 4.69) is 10.1 Å². The summed E-state index contributed by atoms with van der Waals surface area (Å²) in [7, 11) is 5.68. The van der Waals surface area contributed by atoms with Gasteiger partial charge in [-0.2, -0.15) is 0 Å². The Morgan fingerprint density at radius 2 is 1.75 bits per heavy atom. The third-order valence-electron chi connectivity index (χ3n) is 3.41. The van der Waals surface area contributed by atoms with Crippen molar-refractivity contribution in [1.82, 2.24) is 4.90 Å². The van der Waals surface area contributed by atoms with E-state index in [-0.39, 0.29) is 0 Å². The molecule has 0 aliphatic carbocycles. The van der Waals surface area contributed by atoms with Crippen LogP contribution in [0.25, 0.3) is 6.08 Å². The van der Waals surface area contributed by atoms with Crippen molar-refractivity contribution in [2.75, 3.05) is 34.4 Å². The molecule has 24 heavy (non-hydrogen) atoms. The zero-order valence-electron chi connectivity index (χ0n) is 14.5. The van der Waals surface area contributed by atoms with Gasteiger partial charge in [-0.05, 0) is 37.9 Å². The number of methoxy groups -OCH3 is 1. The highest BCUT2D eigenvalue weighted by atomic mass is 16.6. The number of benzene rings is 2. The molecular weight excluding hydrogens is 300 g/mol. The van der Waals surface area contributed by atoms with Crippen molar-refractivity contribution in [2.45, 2.75) is 0 Å². The minimum atomic E-state index is 0.555. The summed E-state index contributed by atoms with van der Waals surface area (Å²) in [5.74, 6) is 0.844. The molecule has 0 N–H and O–H groups in total. The predicted molar refractivity (Wildman–Crippen MR) is 99.5 cm³/mol. The topological polar surface area (TPSA) is 34.1 Å². The third kappa shape index (κ3) is 5.89. The van der Waals surface area contributed by atoms with Crippen molar-refractivity contribution in [2.24, 2.45) is 5.16 Å². The monoisotopic (exact) mass is 324 g/mol. The highest BCUT2D eigenvalue weighted by molar-refractivity contribution is 6.10. The van der Waals surface area contributed by atoms with Gasteiger partial charge < -0.3 is 14.5 Å². The number of allylic oxidation sites excluding steroid dienone is 1. The maximum atomic E-state index is 5.46. The molecule has 4 nitrogen and oxygen atoms in total. The molecule has 0 fully saturated rings. The van der Waals surface area contributed by atoms with Crippen LogP contribution in [0, 0.1) is 0 Å². The predicted octanol–water partition coefficient (Wildman–Crippen LogP) is 3.69. The Morgan fingerprint density at radius 3 is 2.38 bits per heavy atom. The van der Waals surface area contributed by atoms with Gasteiger partial charge in [0.05, 0.1) is 7.11 Å². The van der Waals surface area contributed by atoms with Crippen LogP contribution in [-0.2, 0) is 4.84 Å². The highest BCUT2D eigenvalue weighted by Crippen LogP contribution is 2.13. The first-order valence-electron chi connectivity index (χ1n) is 7.91. The third-order valence-corrected chi connectivity index (χ3v) is 3.41. The smallest absolute Gasteiger partial charge is 0.129 e. The molecule has 0 bridgehead atoms. The lowest BCUT2D eigenvalue weighted by atomic mass is 10.1. The summed E-state index contributed by atoms with van der Waals surface area (Å²) >= 11 is 0. The lowest BCUT2D eigenvalue weighted by molar-refractivity contribution is 0.126. The van der Waals surface area contributed by atoms with E-state index in [1.807, 2.05) is 80.8 Å². The summed E-state index contributed by atoms with van der Waals surface area (Å²) in [6.07, 6.45) is 3.98. The Morgan fingerprint density at radius 1 is 1.04 bits per heavy atom. The summed E-state index contributed by atoms with van der Waals surface area (Å²) in [4.78, 5) is 7.52. The standard InChI is InChI=1S/C20H24N2O2/c1-22(2)15-16-24-21-20(18-7-5-4-6-8-18)14-11-17-9-12-19(23-3)13-10-17/h4-14H,15-16H2,1-3H3. The summed E-state index contributed by atoms with van der Waals surface area (Å²) in [5, 5.41) is 4.29. The number of oxime groups is 1. The van der Waals surface area contributed by atoms with Gasteiger partial charge >= 0.3 is 0 Å². The SMILES string of the molecule is COc1ccc(C=CC(=NOCCN(C)C)c2ccccc2)cc1. The Labute approximate surface area is 144 Å². The lowest BCUT2D eigenvalue weighted by Crippen LogP contribution is -2.17. The Balaban J connectivity index is 2.12. The fraction of sp³-hybridized carbons (Fsp3) is 0.250. The molecule has 0 saturated carbocycles. The second-order valence-corrected chi connectivity index (χ2v) is 5.59. The molecular formula is C20H24N2O2. The average Bonchev–Trinajstić information content (AvgIpc) is 2.62. The Bertz CT molecular complexity index is 662. The van der Waals surface area contributed by atoms with Crippen LogP contribution in [-0.4, -0.2) is 45.0 Å². The van der Waals surface area contributed by atoms with Gasteiger partial charge in [-0.15, -0.1) is 0 Å². The normalized spacial score (nSPS) is 11.9. The molecule has 2 aromatic rings. The molecule has 0 atom stereocenters. The van der Waals surface area contributed by atoms with E-state index in [9.17, 15) is 0 Å². The molecule has 2 rings (SSSR count). The summed E-state index contributed by atoms with van der Waals surface area (Å²) in [5.41, 5.74) is 2.89. The molecule has 0 aromatic heterocycles. The molecule has 0 saturated heterocycles. The molecule has 126 valence electrons. The van der Waals surface area contributed by atoms with Crippen LogP contribution >= 0.6 is 0 Å². The van der Waals surface area contributed by atoms with Crippen LogP contribution in [0.2, 0.25) is 0 Å². The fourth-order valence-corrected chi connectivity index (χ4v) is 2.02. The fourth-order valence-electron chi connectivity index (χ4n) is 2.02. The van der Waals surface area contributed by atoms with Crippen molar-refractivity contribution in [3.05, 3.63) is 71.8 Å². The highest BCUT2D eigenvalue weighted by Gasteiger charge is 2.01. The molecule has 0 amide bonds. The van der Waals surface area contributed by atoms with E-state index in [0.29, 0.717) is 6.61 Å². The Kier molecular flexibility index (Phi) is 7.05. The zero-order chi connectivity index (χ0) is 17.2. The minimum absolute atomic E-state index is 0.555. The second-order valence-electron chi connectivity index (χ2n) is 5.59. The van der Waals surface area contributed by atoms with Crippen molar-refractivity contribution < 1.29 is 9.57 Å². The van der Waals surface area contributed by atoms with Crippen LogP contribution in [0.3, 0.4) is 0 Å². The zero-order valence-corrected chi connectivity index (χ0v) is 14.5. The van der Waals surface area contributed by atoms with E-state index >= 15 is 0 Å². The van der Waals surface area contributed by atoms with Crippen LogP contribution in [0.4, 0.5) is 0 Å². The van der Waals surface area contributed by atoms with Crippen molar-refractivity contribution in [3.63, 3.8) is 0 Å². The van der Waals surface area contributed by atoms with Crippen LogP contribution in [0.1, 0.15) is 11.1 Å². The average molecular weight is 324 g/mol. The number of likely N-dealkylation sites (N-methyl/N-ethyl adjacent to an activating group) is 1. The number of hydrogen-bond donors (Lipinski definition) is 0. The number of ether oxygens (including phenoxy) is 1. The van der Waals surface area contributed by atoms with E-state index < -0.39 is 0 Å². The van der Waals surface area contributed by atoms with Crippen LogP contribution in [0.15, 0.2) is 65.8 Å². The van der Waals surface area contributed by atoms with E-state index in [1.54, 1.807) is 7.11 Å². The maximum Gasteiger partial charge on any atom is 0.129 e. The van der Waals surface area contributed by atoms with Gasteiger partial charge in [-0.25, -0.2) is 0 Å². The van der Waals surface area contributed by atoms with Gasteiger partial charge in [0.1, 0.15) is 18.1 Å². The number of rotatable bonds is 8. The molecule has 0 aliphatic heterocycles. The summed E-state index contributed by atoms with van der Waals surface area (Å²) < 4.78 is 5.18. The molecule has 4 heteroatoms. The van der Waals surface area contributed by atoms with E-state index in [4.69, 9.17) is 9.57 Å². The van der Waals surface area contributed by atoms with Gasteiger partial charge in [0.2, 0.25) is 0 Å². The second kappa shape index (κ2) is 9.53.